The third-order valence-corrected chi connectivity index (χ3v) is 4.57. The molecule has 3 heterocycles. The van der Waals surface area contributed by atoms with Gasteiger partial charge >= 0.3 is 10.7 Å². The summed E-state index contributed by atoms with van der Waals surface area (Å²) in [7, 11) is 0. The first-order valence-electron chi connectivity index (χ1n) is 6.11. The van der Waals surface area contributed by atoms with Crippen molar-refractivity contribution in [1.82, 2.24) is 14.9 Å². The van der Waals surface area contributed by atoms with Crippen molar-refractivity contribution in [3.8, 4) is 0 Å². The second kappa shape index (κ2) is 6.03. The van der Waals surface area contributed by atoms with Crippen LogP contribution in [0.15, 0.2) is 39.5 Å². The maximum atomic E-state index is 11.7. The van der Waals surface area contributed by atoms with Crippen LogP contribution in [0.3, 0.4) is 0 Å². The average Bonchev–Trinajstić information content (AvgIpc) is 3.20. The highest BCUT2D eigenvalue weighted by atomic mass is 32.1. The Hall–Kier alpha value is -2.59. The first-order valence-corrected chi connectivity index (χ1v) is 7.80. The van der Waals surface area contributed by atoms with E-state index in [1.54, 1.807) is 17.4 Å². The Morgan fingerprint density at radius 1 is 1.45 bits per heavy atom. The summed E-state index contributed by atoms with van der Waals surface area (Å²) in [4.78, 5) is 23.5. The molecule has 3 rings (SSSR count). The summed E-state index contributed by atoms with van der Waals surface area (Å²) in [5.74, 6) is 0.481. The number of aromatic nitrogens is 3. The second-order valence-electron chi connectivity index (χ2n) is 4.19. The van der Waals surface area contributed by atoms with Crippen molar-refractivity contribution >= 4 is 33.9 Å². The average molecular weight is 335 g/mol. The molecule has 0 aliphatic heterocycles. The van der Waals surface area contributed by atoms with Gasteiger partial charge in [0.1, 0.15) is 0 Å². The fourth-order valence-electron chi connectivity index (χ4n) is 1.75. The van der Waals surface area contributed by atoms with Gasteiger partial charge in [-0.1, -0.05) is 17.4 Å². The van der Waals surface area contributed by atoms with Crippen LogP contribution in [0.5, 0.6) is 0 Å². The zero-order valence-corrected chi connectivity index (χ0v) is 12.6. The van der Waals surface area contributed by atoms with Crippen LogP contribution < -0.4 is 5.69 Å². The van der Waals surface area contributed by atoms with E-state index in [2.05, 4.69) is 15.3 Å². The quantitative estimate of drug-likeness (QED) is 0.437. The normalized spacial score (nSPS) is 11.3. The van der Waals surface area contributed by atoms with Gasteiger partial charge in [-0.3, -0.25) is 10.1 Å². The van der Waals surface area contributed by atoms with E-state index < -0.39 is 10.6 Å². The fraction of sp³-hybridized carbons (Fsp3) is 0.0833. The summed E-state index contributed by atoms with van der Waals surface area (Å²) >= 11 is 2.55. The number of thiophene rings is 2. The monoisotopic (exact) mass is 335 g/mol. The predicted octanol–water partition coefficient (Wildman–Crippen LogP) is 2.08. The Labute approximate surface area is 131 Å². The second-order valence-corrected chi connectivity index (χ2v) is 6.32. The summed E-state index contributed by atoms with van der Waals surface area (Å²) in [6.45, 7) is 0. The molecule has 0 spiro atoms. The number of H-pyrrole nitrogens is 1. The van der Waals surface area contributed by atoms with Crippen LogP contribution in [0.2, 0.25) is 0 Å². The molecular weight excluding hydrogens is 326 g/mol. The van der Waals surface area contributed by atoms with Gasteiger partial charge in [0.25, 0.3) is 0 Å². The molecule has 0 aliphatic carbocycles. The van der Waals surface area contributed by atoms with Crippen molar-refractivity contribution in [3.05, 3.63) is 65.8 Å². The number of hydrogen-bond acceptors (Lipinski definition) is 7. The van der Waals surface area contributed by atoms with Crippen molar-refractivity contribution in [3.63, 3.8) is 0 Å². The standard InChI is InChI=1S/C12H9N5O3S2/c18-12-15-14-10(6-8-2-1-5-21-8)16(12)13-7-9-3-4-11(22-9)17(19)20/h1-5,7H,6H2,(H,15,18)/b13-7+. The summed E-state index contributed by atoms with van der Waals surface area (Å²) in [5, 5.41) is 23.0. The summed E-state index contributed by atoms with van der Waals surface area (Å²) in [6.07, 6.45) is 1.89. The maximum absolute atomic E-state index is 11.7. The number of nitrogens with zero attached hydrogens (tertiary/aromatic N) is 4. The van der Waals surface area contributed by atoms with Crippen LogP contribution >= 0.6 is 22.7 Å². The molecule has 0 saturated carbocycles. The van der Waals surface area contributed by atoms with Gasteiger partial charge in [-0.2, -0.15) is 14.9 Å². The number of hydrogen-bond donors (Lipinski definition) is 1. The summed E-state index contributed by atoms with van der Waals surface area (Å²) < 4.78 is 1.16. The highest BCUT2D eigenvalue weighted by Gasteiger charge is 2.10. The Balaban J connectivity index is 1.85. The Morgan fingerprint density at radius 2 is 2.32 bits per heavy atom. The van der Waals surface area contributed by atoms with Gasteiger partial charge in [0.2, 0.25) is 0 Å². The third-order valence-electron chi connectivity index (χ3n) is 2.72. The molecule has 3 aromatic rings. The molecule has 8 nitrogen and oxygen atoms in total. The summed E-state index contributed by atoms with van der Waals surface area (Å²) in [5.41, 5.74) is -0.450. The van der Waals surface area contributed by atoms with Gasteiger partial charge in [0, 0.05) is 17.4 Å². The van der Waals surface area contributed by atoms with Crippen molar-refractivity contribution in [2.45, 2.75) is 6.42 Å². The zero-order valence-electron chi connectivity index (χ0n) is 11.0. The molecule has 10 heteroatoms. The largest absolute Gasteiger partial charge is 0.364 e. The minimum absolute atomic E-state index is 0.0276. The van der Waals surface area contributed by atoms with E-state index in [1.807, 2.05) is 17.5 Å². The highest BCUT2D eigenvalue weighted by Crippen LogP contribution is 2.22. The van der Waals surface area contributed by atoms with E-state index in [9.17, 15) is 14.9 Å². The molecule has 0 atom stereocenters. The van der Waals surface area contributed by atoms with Gasteiger partial charge in [-0.25, -0.2) is 9.89 Å². The van der Waals surface area contributed by atoms with E-state index in [4.69, 9.17) is 0 Å². The predicted molar refractivity (Wildman–Crippen MR) is 83.9 cm³/mol. The van der Waals surface area contributed by atoms with Gasteiger partial charge in [0.15, 0.2) is 5.82 Å². The lowest BCUT2D eigenvalue weighted by Crippen LogP contribution is -2.14. The van der Waals surface area contributed by atoms with Crippen molar-refractivity contribution in [1.29, 1.82) is 0 Å². The first kappa shape index (κ1) is 14.4. The Bertz CT molecular complexity index is 875. The number of nitrogens with one attached hydrogen (secondary N) is 1. The van der Waals surface area contributed by atoms with Gasteiger partial charge in [-0.15, -0.1) is 11.3 Å². The molecule has 22 heavy (non-hydrogen) atoms. The molecular formula is C12H9N5O3S2. The van der Waals surface area contributed by atoms with Crippen LogP contribution in [-0.2, 0) is 6.42 Å². The zero-order chi connectivity index (χ0) is 15.5. The molecule has 0 bridgehead atoms. The van der Waals surface area contributed by atoms with Gasteiger partial charge in [0.05, 0.1) is 16.0 Å². The number of aromatic amines is 1. The van der Waals surface area contributed by atoms with Crippen LogP contribution in [-0.4, -0.2) is 26.0 Å². The van der Waals surface area contributed by atoms with Gasteiger partial charge < -0.3 is 0 Å². The van der Waals surface area contributed by atoms with Gasteiger partial charge in [-0.05, 0) is 17.5 Å². The van der Waals surface area contributed by atoms with Crippen molar-refractivity contribution < 1.29 is 4.92 Å². The number of nitro groups is 1. The molecule has 0 radical (unpaired) electrons. The lowest BCUT2D eigenvalue weighted by Gasteiger charge is -1.97. The van der Waals surface area contributed by atoms with Crippen LogP contribution in [0, 0.1) is 10.1 Å². The van der Waals surface area contributed by atoms with Crippen molar-refractivity contribution in [2.24, 2.45) is 5.10 Å². The third kappa shape index (κ3) is 3.02. The van der Waals surface area contributed by atoms with E-state index in [0.717, 1.165) is 20.9 Å². The molecule has 0 saturated heterocycles. The Kier molecular flexibility index (Phi) is 3.94. The molecule has 0 fully saturated rings. The van der Waals surface area contributed by atoms with E-state index in [1.165, 1.54) is 12.3 Å². The molecule has 1 N–H and O–H groups in total. The number of rotatable bonds is 5. The first-order chi connectivity index (χ1) is 10.6. The highest BCUT2D eigenvalue weighted by molar-refractivity contribution is 7.16. The smallest absolute Gasteiger partial charge is 0.258 e. The van der Waals surface area contributed by atoms with Crippen molar-refractivity contribution in [2.75, 3.05) is 0 Å². The molecule has 3 aromatic heterocycles. The molecule has 0 amide bonds. The van der Waals surface area contributed by atoms with E-state index in [0.29, 0.717) is 17.1 Å². The van der Waals surface area contributed by atoms with Crippen LogP contribution in [0.1, 0.15) is 15.6 Å². The maximum Gasteiger partial charge on any atom is 0.364 e. The van der Waals surface area contributed by atoms with Crippen LogP contribution in [0.4, 0.5) is 5.00 Å². The lowest BCUT2D eigenvalue weighted by atomic mass is 10.3. The summed E-state index contributed by atoms with van der Waals surface area (Å²) in [6, 6.07) is 6.84. The minimum Gasteiger partial charge on any atom is -0.258 e. The molecule has 112 valence electrons. The lowest BCUT2D eigenvalue weighted by molar-refractivity contribution is -0.380. The fourth-order valence-corrected chi connectivity index (χ4v) is 3.14. The molecule has 0 unspecified atom stereocenters. The van der Waals surface area contributed by atoms with E-state index in [-0.39, 0.29) is 5.00 Å². The molecule has 0 aromatic carbocycles. The Morgan fingerprint density at radius 3 is 3.00 bits per heavy atom. The van der Waals surface area contributed by atoms with E-state index >= 15 is 0 Å². The molecule has 0 aliphatic rings. The van der Waals surface area contributed by atoms with Crippen LogP contribution in [0.25, 0.3) is 0 Å². The topological polar surface area (TPSA) is 106 Å². The SMILES string of the molecule is O=c1[nH]nc(Cc2cccs2)n1/N=C/c1ccc([N+](=O)[O-])s1. The minimum atomic E-state index is -0.464.